The van der Waals surface area contributed by atoms with Gasteiger partial charge in [0.1, 0.15) is 29.9 Å². The minimum Gasteiger partial charge on any atom is -0.496 e. The van der Waals surface area contributed by atoms with E-state index in [0.29, 0.717) is 33.8 Å². The first-order valence-electron chi connectivity index (χ1n) is 9.32. The molecule has 0 radical (unpaired) electrons. The highest BCUT2D eigenvalue weighted by Gasteiger charge is 2.34. The summed E-state index contributed by atoms with van der Waals surface area (Å²) >= 11 is 0. The Morgan fingerprint density at radius 3 is 2.66 bits per heavy atom. The van der Waals surface area contributed by atoms with Gasteiger partial charge in [0.2, 0.25) is 0 Å². The first-order valence-corrected chi connectivity index (χ1v) is 9.32. The number of hydrogen-bond acceptors (Lipinski definition) is 6. The number of halogens is 1. The summed E-state index contributed by atoms with van der Waals surface area (Å²) in [5, 5.41) is 19.0. The highest BCUT2D eigenvalue weighted by molar-refractivity contribution is 5.90. The summed E-state index contributed by atoms with van der Waals surface area (Å²) < 4.78 is 30.9. The highest BCUT2D eigenvalue weighted by atomic mass is 18.2. The van der Waals surface area contributed by atoms with Crippen LogP contribution in [-0.2, 0) is 24.6 Å². The van der Waals surface area contributed by atoms with Gasteiger partial charge in [0.05, 0.1) is 25.9 Å². The van der Waals surface area contributed by atoms with Crippen LogP contribution < -0.4 is 9.47 Å². The zero-order chi connectivity index (χ0) is 21.2. The molecule has 2 N–H and O–H groups in total. The molecule has 0 bridgehead atoms. The lowest BCUT2D eigenvalue weighted by molar-refractivity contribution is 0.0433. The van der Waals surface area contributed by atoms with Gasteiger partial charge < -0.3 is 24.4 Å². The fraction of sp³-hybridized carbons (Fsp3) is 0.409. The molecule has 7 heteroatoms. The molecule has 1 unspecified atom stereocenters. The van der Waals surface area contributed by atoms with Crippen molar-refractivity contribution in [2.24, 2.45) is 0 Å². The number of methoxy groups -OCH3 is 1. The highest BCUT2D eigenvalue weighted by Crippen LogP contribution is 2.42. The number of ether oxygens (including phenoxy) is 3. The Hall–Kier alpha value is -2.64. The Balaban J connectivity index is 1.76. The number of rotatable bonds is 6. The first-order chi connectivity index (χ1) is 13.8. The average molecular weight is 403 g/mol. The summed E-state index contributed by atoms with van der Waals surface area (Å²) in [6, 6.07) is 7.87. The molecule has 1 aliphatic rings. The van der Waals surface area contributed by atoms with Crippen LogP contribution in [0.1, 0.15) is 59.1 Å². The molecule has 0 fully saturated rings. The van der Waals surface area contributed by atoms with E-state index in [1.165, 1.54) is 13.2 Å². The van der Waals surface area contributed by atoms with Gasteiger partial charge in [-0.2, -0.15) is 0 Å². The second-order valence-electron chi connectivity index (χ2n) is 7.61. The van der Waals surface area contributed by atoms with E-state index in [-0.39, 0.29) is 31.8 Å². The first kappa shape index (κ1) is 21.1. The topological polar surface area (TPSA) is 85.2 Å². The number of aliphatic hydroxyl groups is 2. The molecular weight excluding hydrogens is 378 g/mol. The van der Waals surface area contributed by atoms with E-state index >= 15 is 0 Å². The van der Waals surface area contributed by atoms with Crippen molar-refractivity contribution in [2.45, 2.75) is 51.9 Å². The fourth-order valence-corrected chi connectivity index (χ4v) is 3.48. The van der Waals surface area contributed by atoms with Crippen molar-refractivity contribution in [3.05, 3.63) is 58.1 Å². The maximum atomic E-state index is 14.5. The fourth-order valence-electron chi connectivity index (χ4n) is 3.48. The Morgan fingerprint density at radius 1 is 1.24 bits per heavy atom. The van der Waals surface area contributed by atoms with Crippen LogP contribution >= 0.6 is 0 Å². The molecule has 6 nitrogen and oxygen atoms in total. The van der Waals surface area contributed by atoms with Crippen molar-refractivity contribution < 1.29 is 33.6 Å². The molecule has 0 amide bonds. The van der Waals surface area contributed by atoms with Gasteiger partial charge in [-0.25, -0.2) is 9.18 Å². The summed E-state index contributed by atoms with van der Waals surface area (Å²) in [6.07, 6.45) is -1.01. The van der Waals surface area contributed by atoms with Crippen LogP contribution in [0.2, 0.25) is 0 Å². The summed E-state index contributed by atoms with van der Waals surface area (Å²) in [6.45, 7) is 3.02. The Bertz CT molecular complexity index is 883. The number of fused-ring (bicyclic) bond motifs is 1. The van der Waals surface area contributed by atoms with Gasteiger partial charge in [-0.05, 0) is 55.3 Å². The zero-order valence-electron chi connectivity index (χ0n) is 16.7. The van der Waals surface area contributed by atoms with Crippen LogP contribution in [0.3, 0.4) is 0 Å². The van der Waals surface area contributed by atoms with Crippen LogP contribution in [0.5, 0.6) is 11.5 Å². The number of esters is 1. The predicted octanol–water partition coefficient (Wildman–Crippen LogP) is 3.61. The lowest BCUT2D eigenvalue weighted by atomic mass is 9.91. The molecule has 29 heavy (non-hydrogen) atoms. The van der Waals surface area contributed by atoms with E-state index in [1.54, 1.807) is 24.3 Å². The van der Waals surface area contributed by atoms with Crippen molar-refractivity contribution in [2.75, 3.05) is 7.11 Å². The molecule has 0 saturated heterocycles. The second kappa shape index (κ2) is 8.39. The van der Waals surface area contributed by atoms with Gasteiger partial charge in [-0.3, -0.25) is 0 Å². The van der Waals surface area contributed by atoms with Crippen LogP contribution in [0.25, 0.3) is 0 Å². The molecule has 0 aromatic heterocycles. The van der Waals surface area contributed by atoms with Gasteiger partial charge in [0.15, 0.2) is 0 Å². The molecule has 1 heterocycles. The lowest BCUT2D eigenvalue weighted by Gasteiger charge is -2.34. The number of hydrogen-bond donors (Lipinski definition) is 2. The quantitative estimate of drug-likeness (QED) is 0.717. The normalized spacial score (nSPS) is 17.2. The third-order valence-electron chi connectivity index (χ3n) is 4.92. The van der Waals surface area contributed by atoms with Crippen LogP contribution in [0.4, 0.5) is 4.39 Å². The van der Waals surface area contributed by atoms with Crippen molar-refractivity contribution in [1.29, 1.82) is 0 Å². The third kappa shape index (κ3) is 4.52. The Morgan fingerprint density at radius 2 is 2.00 bits per heavy atom. The SMILES string of the molecule is COc1cc(COC(=O)c2ccc3c(c2)C([18F])CC(C)(C)O3)cc(CO)c1CO. The minimum atomic E-state index is -1.22. The second-order valence-corrected chi connectivity index (χ2v) is 7.61. The van der Waals surface area contributed by atoms with Gasteiger partial charge >= 0.3 is 5.97 Å². The summed E-state index contributed by atoms with van der Waals surface area (Å²) in [4.78, 5) is 12.5. The van der Waals surface area contributed by atoms with Crippen LogP contribution in [-0.4, -0.2) is 28.9 Å². The van der Waals surface area contributed by atoms with Gasteiger partial charge in [-0.15, -0.1) is 0 Å². The van der Waals surface area contributed by atoms with Crippen molar-refractivity contribution in [1.82, 2.24) is 0 Å². The summed E-state index contributed by atoms with van der Waals surface area (Å²) in [5.41, 5.74) is 1.55. The van der Waals surface area contributed by atoms with E-state index in [0.717, 1.165) is 0 Å². The number of carbonyl (C=O) groups excluding carboxylic acids is 1. The molecule has 3 rings (SSSR count). The molecular formula is C22H25FO6. The molecule has 0 saturated carbocycles. The van der Waals surface area contributed by atoms with E-state index < -0.39 is 17.7 Å². The molecule has 2 aromatic carbocycles. The number of benzene rings is 2. The minimum absolute atomic E-state index is 0.0619. The molecule has 1 atom stereocenters. The smallest absolute Gasteiger partial charge is 0.338 e. The Kier molecular flexibility index (Phi) is 6.10. The number of carbonyl (C=O) groups is 1. The van der Waals surface area contributed by atoms with Crippen LogP contribution in [0.15, 0.2) is 30.3 Å². The molecule has 2 aromatic rings. The molecule has 0 aliphatic carbocycles. The van der Waals surface area contributed by atoms with E-state index in [1.807, 2.05) is 13.8 Å². The maximum absolute atomic E-state index is 14.5. The molecule has 1 aliphatic heterocycles. The number of aliphatic hydroxyl groups excluding tert-OH is 2. The average Bonchev–Trinajstić information content (AvgIpc) is 2.69. The monoisotopic (exact) mass is 403 g/mol. The number of alkyl halides is 1. The standard InChI is InChI=1S/C22H25FO6/c1-22(2)9-18(23)16-8-14(4-5-19(16)29-22)21(26)28-12-13-6-15(10-24)17(11-25)20(7-13)27-3/h4-8,18,24-25H,9-12H2,1-3H3/i23-1. The van der Waals surface area contributed by atoms with E-state index in [2.05, 4.69) is 0 Å². The predicted molar refractivity (Wildman–Crippen MR) is 104 cm³/mol. The van der Waals surface area contributed by atoms with Gasteiger partial charge in [0.25, 0.3) is 0 Å². The van der Waals surface area contributed by atoms with Gasteiger partial charge in [0, 0.05) is 17.5 Å². The largest absolute Gasteiger partial charge is 0.496 e. The van der Waals surface area contributed by atoms with Gasteiger partial charge in [-0.1, -0.05) is 0 Å². The van der Waals surface area contributed by atoms with Crippen molar-refractivity contribution >= 4 is 5.97 Å². The molecule has 0 spiro atoms. The molecule has 156 valence electrons. The lowest BCUT2D eigenvalue weighted by Crippen LogP contribution is -2.33. The Labute approximate surface area is 168 Å². The summed E-state index contributed by atoms with van der Waals surface area (Å²) in [5.74, 6) is 0.238. The van der Waals surface area contributed by atoms with E-state index in [9.17, 15) is 19.4 Å². The van der Waals surface area contributed by atoms with Crippen molar-refractivity contribution in [3.63, 3.8) is 0 Å². The van der Waals surface area contributed by atoms with E-state index in [4.69, 9.17) is 14.2 Å². The summed E-state index contributed by atoms with van der Waals surface area (Å²) in [7, 11) is 1.45. The third-order valence-corrected chi connectivity index (χ3v) is 4.92. The zero-order valence-corrected chi connectivity index (χ0v) is 16.7. The maximum Gasteiger partial charge on any atom is 0.338 e. The van der Waals surface area contributed by atoms with Crippen molar-refractivity contribution in [3.8, 4) is 11.5 Å². The van der Waals surface area contributed by atoms with Crippen LogP contribution in [0, 0.1) is 0 Å².